The van der Waals surface area contributed by atoms with Gasteiger partial charge in [0.1, 0.15) is 9.96 Å². The van der Waals surface area contributed by atoms with Crippen molar-refractivity contribution >= 4 is 33.2 Å². The van der Waals surface area contributed by atoms with Gasteiger partial charge in [-0.2, -0.15) is 4.31 Å². The molecule has 0 radical (unpaired) electrons. The van der Waals surface area contributed by atoms with E-state index in [0.29, 0.717) is 5.75 Å². The highest BCUT2D eigenvalue weighted by Gasteiger charge is 2.48. The van der Waals surface area contributed by atoms with Crippen molar-refractivity contribution in [2.24, 2.45) is 5.73 Å². The monoisotopic (exact) mass is 506 g/mol. The minimum absolute atomic E-state index is 0.0255. The first-order valence-electron chi connectivity index (χ1n) is 11.4. The zero-order valence-corrected chi connectivity index (χ0v) is 20.6. The molecule has 184 valence electrons. The van der Waals surface area contributed by atoms with Crippen molar-refractivity contribution in [3.05, 3.63) is 47.8 Å². The fraction of sp³-hybridized carbons (Fsp3) is 0.478. The molecule has 0 spiro atoms. The largest absolute Gasteiger partial charge is 0.481 e. The van der Waals surface area contributed by atoms with E-state index in [4.69, 9.17) is 10.5 Å². The lowest BCUT2D eigenvalue weighted by atomic mass is 9.92. The minimum atomic E-state index is -3.95. The van der Waals surface area contributed by atoms with Gasteiger partial charge in [0, 0.05) is 25.2 Å². The molecule has 2 unspecified atom stereocenters. The molecule has 2 atom stereocenters. The van der Waals surface area contributed by atoms with Gasteiger partial charge in [0.2, 0.25) is 0 Å². The van der Waals surface area contributed by atoms with E-state index in [0.717, 1.165) is 41.3 Å². The Morgan fingerprint density at radius 1 is 1.09 bits per heavy atom. The number of nitrogens with two attached hydrogens (primary N) is 1. The Balaban J connectivity index is 1.57. The Labute approximate surface area is 203 Å². The number of hydrogen-bond donors (Lipinski definition) is 2. The van der Waals surface area contributed by atoms with Gasteiger partial charge in [-0.05, 0) is 56.2 Å². The molecule has 1 aromatic heterocycles. The lowest BCUT2D eigenvalue weighted by Crippen LogP contribution is -2.57. The van der Waals surface area contributed by atoms with Crippen LogP contribution < -0.4 is 15.8 Å². The number of carbonyl (C=O) groups excluding carboxylic acids is 2. The summed E-state index contributed by atoms with van der Waals surface area (Å²) in [5, 5.41) is 4.64. The molecule has 34 heavy (non-hydrogen) atoms. The van der Waals surface area contributed by atoms with Crippen LogP contribution >= 0.6 is 11.3 Å². The third-order valence-electron chi connectivity index (χ3n) is 6.23. The fourth-order valence-corrected chi connectivity index (χ4v) is 7.08. The summed E-state index contributed by atoms with van der Waals surface area (Å²) >= 11 is 1.08. The first kappa shape index (κ1) is 24.6. The van der Waals surface area contributed by atoms with E-state index in [-0.39, 0.29) is 29.4 Å². The van der Waals surface area contributed by atoms with Crippen molar-refractivity contribution in [3.8, 4) is 5.75 Å². The van der Waals surface area contributed by atoms with Gasteiger partial charge in [0.15, 0.2) is 12.3 Å². The molecule has 1 aromatic carbocycles. The Morgan fingerprint density at radius 2 is 1.79 bits per heavy atom. The molecule has 1 saturated heterocycles. The van der Waals surface area contributed by atoms with Crippen molar-refractivity contribution < 1.29 is 22.7 Å². The second-order valence-electron chi connectivity index (χ2n) is 8.65. The zero-order valence-electron chi connectivity index (χ0n) is 19.0. The van der Waals surface area contributed by atoms with Crippen molar-refractivity contribution in [1.29, 1.82) is 0 Å². The van der Waals surface area contributed by atoms with Crippen molar-refractivity contribution in [1.82, 2.24) is 14.5 Å². The number of nitrogens with zero attached hydrogens (tertiary/aromatic N) is 2. The van der Waals surface area contributed by atoms with Gasteiger partial charge < -0.3 is 20.7 Å². The summed E-state index contributed by atoms with van der Waals surface area (Å²) in [5.41, 5.74) is 5.98. The van der Waals surface area contributed by atoms with Crippen LogP contribution in [0, 0.1) is 0 Å². The average Bonchev–Trinajstić information content (AvgIpc) is 3.52. The predicted molar refractivity (Wildman–Crippen MR) is 129 cm³/mol. The number of hydrogen-bond acceptors (Lipinski definition) is 7. The Bertz CT molecular complexity index is 1090. The Morgan fingerprint density at radius 3 is 2.44 bits per heavy atom. The summed E-state index contributed by atoms with van der Waals surface area (Å²) in [6.07, 6.45) is 0.846. The van der Waals surface area contributed by atoms with Gasteiger partial charge in [0.05, 0.1) is 0 Å². The van der Waals surface area contributed by atoms with E-state index in [1.165, 1.54) is 11.0 Å². The molecule has 1 aliphatic carbocycles. The SMILES string of the molecule is CC(Oc1ccccc1)C(=O)N1CCN(S(=O)(=O)c2cccs2)C1C(=O)NC1CCC(N)CC1. The molecule has 0 bridgehead atoms. The average molecular weight is 507 g/mol. The maximum absolute atomic E-state index is 13.4. The number of nitrogens with one attached hydrogen (secondary N) is 1. The third kappa shape index (κ3) is 5.27. The molecule has 1 aliphatic heterocycles. The number of sulfonamides is 1. The van der Waals surface area contributed by atoms with E-state index in [9.17, 15) is 18.0 Å². The smallest absolute Gasteiger partial charge is 0.265 e. The first-order chi connectivity index (χ1) is 16.3. The molecule has 2 aromatic rings. The van der Waals surface area contributed by atoms with Crippen LogP contribution in [0.25, 0.3) is 0 Å². The minimum Gasteiger partial charge on any atom is -0.481 e. The van der Waals surface area contributed by atoms with Crippen LogP contribution in [-0.4, -0.2) is 66.9 Å². The molecule has 9 nitrogen and oxygen atoms in total. The van der Waals surface area contributed by atoms with Crippen LogP contribution in [0.15, 0.2) is 52.1 Å². The van der Waals surface area contributed by atoms with E-state index in [2.05, 4.69) is 5.32 Å². The Hall–Kier alpha value is -2.47. The number of ether oxygens (including phenoxy) is 1. The van der Waals surface area contributed by atoms with Gasteiger partial charge in [-0.15, -0.1) is 11.3 Å². The highest BCUT2D eigenvalue weighted by Crippen LogP contribution is 2.29. The lowest BCUT2D eigenvalue weighted by molar-refractivity contribution is -0.145. The van der Waals surface area contributed by atoms with Gasteiger partial charge in [-0.3, -0.25) is 9.59 Å². The first-order valence-corrected chi connectivity index (χ1v) is 13.7. The summed E-state index contributed by atoms with van der Waals surface area (Å²) < 4.78 is 33.7. The standard InChI is InChI=1S/C23H30N4O5S2/c1-16(32-19-6-3-2-4-7-19)23(29)26-13-14-27(34(30,31)20-8-5-15-33-20)22(26)21(28)25-18-11-9-17(24)10-12-18/h2-8,15-18,22H,9-14,24H2,1H3,(H,25,28). The second kappa shape index (κ2) is 10.4. The number of thiophene rings is 1. The predicted octanol–water partition coefficient (Wildman–Crippen LogP) is 1.76. The maximum Gasteiger partial charge on any atom is 0.265 e. The molecule has 2 aliphatic rings. The number of benzene rings is 1. The van der Waals surface area contributed by atoms with Crippen LogP contribution in [0.2, 0.25) is 0 Å². The van der Waals surface area contributed by atoms with Crippen LogP contribution in [0.5, 0.6) is 5.75 Å². The van der Waals surface area contributed by atoms with Gasteiger partial charge >= 0.3 is 0 Å². The summed E-state index contributed by atoms with van der Waals surface area (Å²) in [6, 6.07) is 12.1. The van der Waals surface area contributed by atoms with Crippen LogP contribution in [0.3, 0.4) is 0 Å². The zero-order chi connectivity index (χ0) is 24.3. The molecule has 11 heteroatoms. The molecule has 3 N–H and O–H groups in total. The number of amides is 2. The topological polar surface area (TPSA) is 122 Å². The Kier molecular flexibility index (Phi) is 7.56. The van der Waals surface area contributed by atoms with E-state index < -0.39 is 34.1 Å². The third-order valence-corrected chi connectivity index (χ3v) is 9.45. The summed E-state index contributed by atoms with van der Waals surface area (Å²) in [5.74, 6) is -0.429. The van der Waals surface area contributed by atoms with Crippen LogP contribution in [0.4, 0.5) is 0 Å². The van der Waals surface area contributed by atoms with Crippen molar-refractivity contribution in [2.75, 3.05) is 13.1 Å². The second-order valence-corrected chi connectivity index (χ2v) is 11.7. The summed E-state index contributed by atoms with van der Waals surface area (Å²) in [4.78, 5) is 28.1. The fourth-order valence-electron chi connectivity index (χ4n) is 4.41. The van der Waals surface area contributed by atoms with Gasteiger partial charge in [-0.1, -0.05) is 24.3 Å². The molecular formula is C23H30N4O5S2. The quantitative estimate of drug-likeness (QED) is 0.590. The summed E-state index contributed by atoms with van der Waals surface area (Å²) in [7, 11) is -3.95. The molecule has 2 amide bonds. The number of carbonyl (C=O) groups is 2. The molecule has 2 fully saturated rings. The molecular weight excluding hydrogens is 476 g/mol. The molecule has 1 saturated carbocycles. The lowest BCUT2D eigenvalue weighted by Gasteiger charge is -2.33. The van der Waals surface area contributed by atoms with Crippen molar-refractivity contribution in [2.45, 2.75) is 61.2 Å². The highest BCUT2D eigenvalue weighted by molar-refractivity contribution is 7.91. The molecule has 4 rings (SSSR count). The number of rotatable bonds is 7. The summed E-state index contributed by atoms with van der Waals surface area (Å²) in [6.45, 7) is 1.72. The maximum atomic E-state index is 13.4. The highest BCUT2D eigenvalue weighted by atomic mass is 32.2. The molecule has 2 heterocycles. The normalized spacial score (nSPS) is 24.5. The number of para-hydroxylation sites is 1. The van der Waals surface area contributed by atoms with Crippen LogP contribution in [-0.2, 0) is 19.6 Å². The van der Waals surface area contributed by atoms with E-state index >= 15 is 0 Å². The van der Waals surface area contributed by atoms with Gasteiger partial charge in [-0.25, -0.2) is 8.42 Å². The van der Waals surface area contributed by atoms with E-state index in [1.807, 2.05) is 6.07 Å². The van der Waals surface area contributed by atoms with E-state index in [1.54, 1.807) is 42.6 Å². The van der Waals surface area contributed by atoms with Crippen LogP contribution in [0.1, 0.15) is 32.6 Å². The van der Waals surface area contributed by atoms with Crippen molar-refractivity contribution in [3.63, 3.8) is 0 Å². The van der Waals surface area contributed by atoms with Gasteiger partial charge in [0.25, 0.3) is 21.8 Å².